The molecule has 2 unspecified atom stereocenters. The van der Waals surface area contributed by atoms with E-state index in [2.05, 4.69) is 51.8 Å². The molecule has 0 aliphatic carbocycles. The quantitative estimate of drug-likeness (QED) is 0.577. The minimum absolute atomic E-state index is 0.607. The van der Waals surface area contributed by atoms with Gasteiger partial charge in [0.15, 0.2) is 0 Å². The van der Waals surface area contributed by atoms with Gasteiger partial charge in [0.1, 0.15) is 0 Å². The smallest absolute Gasteiger partial charge is 0.0593 e. The molecule has 0 aliphatic rings. The average molecular weight is 258 g/mol. The van der Waals surface area contributed by atoms with Crippen molar-refractivity contribution in [2.24, 2.45) is 11.8 Å². The molecule has 18 heavy (non-hydrogen) atoms. The maximum Gasteiger partial charge on any atom is 0.0593 e. The van der Waals surface area contributed by atoms with E-state index in [1.807, 2.05) is 0 Å². The number of hydrogen-bond donors (Lipinski definition) is 1. The van der Waals surface area contributed by atoms with E-state index < -0.39 is 0 Å². The van der Waals surface area contributed by atoms with Gasteiger partial charge in [0, 0.05) is 19.2 Å². The Morgan fingerprint density at radius 1 is 1.06 bits per heavy atom. The third-order valence-corrected chi connectivity index (χ3v) is 3.55. The summed E-state index contributed by atoms with van der Waals surface area (Å²) in [5.74, 6) is 1.40. The van der Waals surface area contributed by atoms with Crippen LogP contribution in [0.25, 0.3) is 0 Å². The van der Waals surface area contributed by atoms with E-state index >= 15 is 0 Å². The molecular weight excluding hydrogens is 224 g/mol. The fraction of sp³-hybridized carbons (Fsp3) is 1.00. The van der Waals surface area contributed by atoms with E-state index in [-0.39, 0.29) is 0 Å². The summed E-state index contributed by atoms with van der Waals surface area (Å²) in [6, 6.07) is 0.607. The molecule has 0 aromatic carbocycles. The largest absolute Gasteiger partial charge is 0.380 e. The van der Waals surface area contributed by atoms with E-state index in [1.165, 1.54) is 0 Å². The molecule has 2 atom stereocenters. The number of nitrogens with zero attached hydrogens (tertiary/aromatic N) is 1. The van der Waals surface area contributed by atoms with Crippen molar-refractivity contribution in [2.45, 2.75) is 47.6 Å². The molecule has 0 spiro atoms. The summed E-state index contributed by atoms with van der Waals surface area (Å²) in [6.07, 6.45) is 0. The van der Waals surface area contributed by atoms with Crippen molar-refractivity contribution in [3.05, 3.63) is 0 Å². The molecule has 3 nitrogen and oxygen atoms in total. The number of hydrogen-bond acceptors (Lipinski definition) is 3. The van der Waals surface area contributed by atoms with Gasteiger partial charge < -0.3 is 10.1 Å². The van der Waals surface area contributed by atoms with Crippen LogP contribution in [0.2, 0.25) is 0 Å². The third-order valence-electron chi connectivity index (χ3n) is 3.55. The van der Waals surface area contributed by atoms with Gasteiger partial charge in [-0.05, 0) is 45.3 Å². The van der Waals surface area contributed by atoms with E-state index in [1.54, 1.807) is 0 Å². The molecule has 0 amide bonds. The first-order valence-corrected chi connectivity index (χ1v) is 7.55. The Morgan fingerprint density at radius 2 is 1.72 bits per heavy atom. The van der Waals surface area contributed by atoms with Crippen LogP contribution in [0.4, 0.5) is 0 Å². The highest BCUT2D eigenvalue weighted by molar-refractivity contribution is 4.74. The predicted octanol–water partition coefficient (Wildman–Crippen LogP) is 2.62. The zero-order valence-corrected chi connectivity index (χ0v) is 13.3. The van der Waals surface area contributed by atoms with E-state index in [9.17, 15) is 0 Å². The van der Waals surface area contributed by atoms with Crippen molar-refractivity contribution in [1.29, 1.82) is 0 Å². The molecule has 0 aliphatic heterocycles. The van der Waals surface area contributed by atoms with Crippen LogP contribution in [0.3, 0.4) is 0 Å². The monoisotopic (exact) mass is 258 g/mol. The number of likely N-dealkylation sites (N-methyl/N-ethyl adjacent to an activating group) is 1. The summed E-state index contributed by atoms with van der Waals surface area (Å²) in [7, 11) is 0. The summed E-state index contributed by atoms with van der Waals surface area (Å²) in [5, 5.41) is 3.55. The van der Waals surface area contributed by atoms with Gasteiger partial charge in [0.2, 0.25) is 0 Å². The molecular formula is C15H34N2O. The van der Waals surface area contributed by atoms with E-state index in [4.69, 9.17) is 4.74 Å². The Bertz CT molecular complexity index is 185. The minimum Gasteiger partial charge on any atom is -0.380 e. The molecule has 0 bridgehead atoms. The summed E-state index contributed by atoms with van der Waals surface area (Å²) < 4.78 is 5.45. The van der Waals surface area contributed by atoms with Crippen LogP contribution in [-0.4, -0.2) is 50.3 Å². The summed E-state index contributed by atoms with van der Waals surface area (Å²) in [6.45, 7) is 19.5. The van der Waals surface area contributed by atoms with Crippen molar-refractivity contribution >= 4 is 0 Å². The van der Waals surface area contributed by atoms with Crippen LogP contribution in [0.5, 0.6) is 0 Å². The SMILES string of the molecule is CCOCCN(CC)C(C)C(C)CNCC(C)C. The molecule has 0 rings (SSSR count). The minimum atomic E-state index is 0.607. The first kappa shape index (κ1) is 17.9. The zero-order valence-electron chi connectivity index (χ0n) is 13.3. The lowest BCUT2D eigenvalue weighted by Gasteiger charge is -2.32. The van der Waals surface area contributed by atoms with Crippen LogP contribution < -0.4 is 5.32 Å². The standard InChI is InChI=1S/C15H34N2O/c1-7-17(9-10-18-8-2)15(6)14(5)12-16-11-13(3)4/h13-16H,7-12H2,1-6H3. The predicted molar refractivity (Wildman–Crippen MR) is 80.1 cm³/mol. The fourth-order valence-electron chi connectivity index (χ4n) is 2.11. The molecule has 1 N–H and O–H groups in total. The lowest BCUT2D eigenvalue weighted by Crippen LogP contribution is -2.43. The molecule has 0 aromatic heterocycles. The van der Waals surface area contributed by atoms with Gasteiger partial charge >= 0.3 is 0 Å². The third kappa shape index (κ3) is 8.06. The number of nitrogens with one attached hydrogen (secondary N) is 1. The highest BCUT2D eigenvalue weighted by Gasteiger charge is 2.18. The molecule has 0 heterocycles. The Kier molecular flexibility index (Phi) is 10.7. The molecule has 3 heteroatoms. The normalized spacial score (nSPS) is 15.3. The first-order valence-electron chi connectivity index (χ1n) is 7.55. The molecule has 0 aromatic rings. The topological polar surface area (TPSA) is 24.5 Å². The summed E-state index contributed by atoms with van der Waals surface area (Å²) >= 11 is 0. The first-order chi connectivity index (χ1) is 8.52. The number of rotatable bonds is 11. The van der Waals surface area contributed by atoms with Crippen molar-refractivity contribution in [3.63, 3.8) is 0 Å². The Hall–Kier alpha value is -0.120. The van der Waals surface area contributed by atoms with Crippen molar-refractivity contribution in [1.82, 2.24) is 10.2 Å². The molecule has 0 fully saturated rings. The van der Waals surface area contributed by atoms with Gasteiger partial charge in [0.05, 0.1) is 6.61 Å². The van der Waals surface area contributed by atoms with Crippen LogP contribution in [-0.2, 0) is 4.74 Å². The molecule has 0 radical (unpaired) electrons. The van der Waals surface area contributed by atoms with Crippen molar-refractivity contribution < 1.29 is 4.74 Å². The number of ether oxygens (including phenoxy) is 1. The van der Waals surface area contributed by atoms with Crippen LogP contribution in [0, 0.1) is 11.8 Å². The van der Waals surface area contributed by atoms with Crippen LogP contribution >= 0.6 is 0 Å². The van der Waals surface area contributed by atoms with Crippen LogP contribution in [0.1, 0.15) is 41.5 Å². The van der Waals surface area contributed by atoms with E-state index in [0.29, 0.717) is 12.0 Å². The second-order valence-corrected chi connectivity index (χ2v) is 5.60. The lowest BCUT2D eigenvalue weighted by atomic mass is 10.0. The van der Waals surface area contributed by atoms with Gasteiger partial charge in [-0.2, -0.15) is 0 Å². The Balaban J connectivity index is 3.94. The highest BCUT2D eigenvalue weighted by Crippen LogP contribution is 2.10. The lowest BCUT2D eigenvalue weighted by molar-refractivity contribution is 0.0865. The molecule has 110 valence electrons. The van der Waals surface area contributed by atoms with Crippen molar-refractivity contribution in [2.75, 3.05) is 39.4 Å². The fourth-order valence-corrected chi connectivity index (χ4v) is 2.11. The van der Waals surface area contributed by atoms with Gasteiger partial charge in [-0.3, -0.25) is 4.90 Å². The summed E-state index contributed by atoms with van der Waals surface area (Å²) in [5.41, 5.74) is 0. The van der Waals surface area contributed by atoms with Gasteiger partial charge in [-0.15, -0.1) is 0 Å². The van der Waals surface area contributed by atoms with Crippen molar-refractivity contribution in [3.8, 4) is 0 Å². The zero-order chi connectivity index (χ0) is 14.0. The molecule has 0 saturated heterocycles. The Labute approximate surface area is 114 Å². The Morgan fingerprint density at radius 3 is 2.22 bits per heavy atom. The average Bonchev–Trinajstić information content (AvgIpc) is 2.33. The van der Waals surface area contributed by atoms with E-state index in [0.717, 1.165) is 45.3 Å². The maximum absolute atomic E-state index is 5.45. The van der Waals surface area contributed by atoms with Gasteiger partial charge in [0.25, 0.3) is 0 Å². The highest BCUT2D eigenvalue weighted by atomic mass is 16.5. The maximum atomic E-state index is 5.45. The summed E-state index contributed by atoms with van der Waals surface area (Å²) in [4.78, 5) is 2.51. The second-order valence-electron chi connectivity index (χ2n) is 5.60. The van der Waals surface area contributed by atoms with Gasteiger partial charge in [-0.1, -0.05) is 27.7 Å². The van der Waals surface area contributed by atoms with Crippen LogP contribution in [0.15, 0.2) is 0 Å². The molecule has 0 saturated carbocycles. The van der Waals surface area contributed by atoms with Gasteiger partial charge in [-0.25, -0.2) is 0 Å². The second kappa shape index (κ2) is 10.8.